The molecule has 0 radical (unpaired) electrons. The van der Waals surface area contributed by atoms with Gasteiger partial charge in [-0.05, 0) is 68.1 Å². The number of pyridine rings is 2. The van der Waals surface area contributed by atoms with Crippen molar-refractivity contribution in [3.63, 3.8) is 0 Å². The Morgan fingerprint density at radius 1 is 0.342 bits per heavy atom. The normalized spacial score (nSPS) is 11.2. The van der Waals surface area contributed by atoms with Crippen LogP contribution in [0, 0.1) is 0 Å². The first-order chi connectivity index (χ1) is 18.9. The molecule has 2 nitrogen and oxygen atoms in total. The zero-order valence-electron chi connectivity index (χ0n) is 20.8. The minimum atomic E-state index is 0.939. The van der Waals surface area contributed by atoms with Crippen LogP contribution in [0.4, 0.5) is 0 Å². The second-order valence-corrected chi connectivity index (χ2v) is 9.40. The largest absolute Gasteiger partial charge is 0.265 e. The number of fused-ring (bicyclic) bond motifs is 2. The highest BCUT2D eigenvalue weighted by molar-refractivity contribution is 6.22. The van der Waals surface area contributed by atoms with E-state index in [0.29, 0.717) is 0 Å². The van der Waals surface area contributed by atoms with E-state index in [1.54, 1.807) is 0 Å². The summed E-state index contributed by atoms with van der Waals surface area (Å²) in [6, 6.07) is 47.2. The van der Waals surface area contributed by atoms with E-state index >= 15 is 0 Å². The summed E-state index contributed by atoms with van der Waals surface area (Å²) < 4.78 is 0. The van der Waals surface area contributed by atoms with Gasteiger partial charge in [0.2, 0.25) is 0 Å². The molecule has 178 valence electrons. The van der Waals surface area contributed by atoms with Gasteiger partial charge in [0.05, 0.1) is 11.4 Å². The number of nitrogens with zero attached hydrogens (tertiary/aromatic N) is 2. The molecule has 0 fully saturated rings. The fraction of sp³-hybridized carbons (Fsp3) is 0. The molecule has 0 bridgehead atoms. The maximum atomic E-state index is 5.10. The molecule has 7 aromatic rings. The quantitative estimate of drug-likeness (QED) is 0.233. The highest BCUT2D eigenvalue weighted by atomic mass is 14.7. The van der Waals surface area contributed by atoms with Crippen molar-refractivity contribution in [3.8, 4) is 44.8 Å². The van der Waals surface area contributed by atoms with Crippen LogP contribution in [0.5, 0.6) is 0 Å². The first-order valence-corrected chi connectivity index (χ1v) is 12.8. The number of benzene rings is 5. The van der Waals surface area contributed by atoms with Crippen LogP contribution in [-0.4, -0.2) is 9.97 Å². The molecule has 38 heavy (non-hydrogen) atoms. The lowest BCUT2D eigenvalue weighted by Gasteiger charge is -2.19. The molecule has 0 spiro atoms. The van der Waals surface area contributed by atoms with E-state index in [0.717, 1.165) is 22.5 Å². The monoisotopic (exact) mass is 484 g/mol. The molecule has 0 atom stereocenters. The standard InChI is InChI=1S/C36H24N2/c1-2-11-26(12-3-1)35-29-15-6-8-17-31(29)36(32-18-9-7-16-30(32)35)28-14-5-4-13-27(28)34-20-10-19-33(38-34)25-21-23-37-24-22-25/h1-24H. The van der Waals surface area contributed by atoms with Crippen LogP contribution in [0.15, 0.2) is 146 Å². The molecule has 5 aromatic carbocycles. The van der Waals surface area contributed by atoms with E-state index in [4.69, 9.17) is 4.98 Å². The molecule has 2 heteroatoms. The molecule has 0 N–H and O–H groups in total. The van der Waals surface area contributed by atoms with Crippen LogP contribution in [0.1, 0.15) is 0 Å². The Morgan fingerprint density at radius 2 is 0.868 bits per heavy atom. The van der Waals surface area contributed by atoms with Gasteiger partial charge < -0.3 is 0 Å². The summed E-state index contributed by atoms with van der Waals surface area (Å²) in [6.45, 7) is 0. The summed E-state index contributed by atoms with van der Waals surface area (Å²) in [4.78, 5) is 9.26. The van der Waals surface area contributed by atoms with Crippen molar-refractivity contribution >= 4 is 21.5 Å². The second kappa shape index (κ2) is 9.42. The van der Waals surface area contributed by atoms with Gasteiger partial charge in [-0.15, -0.1) is 0 Å². The van der Waals surface area contributed by atoms with E-state index in [1.165, 1.54) is 43.8 Å². The number of rotatable bonds is 4. The fourth-order valence-corrected chi connectivity index (χ4v) is 5.53. The lowest BCUT2D eigenvalue weighted by molar-refractivity contribution is 1.29. The van der Waals surface area contributed by atoms with Crippen LogP contribution < -0.4 is 0 Å². The second-order valence-electron chi connectivity index (χ2n) is 9.40. The highest BCUT2D eigenvalue weighted by Crippen LogP contribution is 2.45. The van der Waals surface area contributed by atoms with Crippen LogP contribution in [0.25, 0.3) is 66.3 Å². The van der Waals surface area contributed by atoms with Gasteiger partial charge in [0, 0.05) is 23.5 Å². The highest BCUT2D eigenvalue weighted by Gasteiger charge is 2.19. The fourth-order valence-electron chi connectivity index (χ4n) is 5.53. The summed E-state index contributed by atoms with van der Waals surface area (Å²) >= 11 is 0. The number of hydrogen-bond donors (Lipinski definition) is 0. The predicted octanol–water partition coefficient (Wildman–Crippen LogP) is 9.45. The lowest BCUT2D eigenvalue weighted by Crippen LogP contribution is -1.94. The molecule has 0 saturated heterocycles. The van der Waals surface area contributed by atoms with Crippen molar-refractivity contribution in [2.75, 3.05) is 0 Å². The SMILES string of the molecule is c1ccc(-c2c3ccccc3c(-c3ccccc3-c3cccc(-c4ccncc4)n3)c3ccccc23)cc1. The molecular weight excluding hydrogens is 460 g/mol. The van der Waals surface area contributed by atoms with Gasteiger partial charge in [0.15, 0.2) is 0 Å². The van der Waals surface area contributed by atoms with Crippen molar-refractivity contribution in [1.82, 2.24) is 9.97 Å². The Hall–Kier alpha value is -5.08. The molecule has 2 aromatic heterocycles. The van der Waals surface area contributed by atoms with Crippen molar-refractivity contribution in [1.29, 1.82) is 0 Å². The Bertz CT molecular complexity index is 1850. The number of hydrogen-bond acceptors (Lipinski definition) is 2. The Balaban J connectivity index is 1.54. The Labute approximate surface area is 221 Å². The molecule has 0 aliphatic heterocycles. The van der Waals surface area contributed by atoms with Crippen molar-refractivity contribution in [2.45, 2.75) is 0 Å². The zero-order chi connectivity index (χ0) is 25.3. The molecule has 0 unspecified atom stereocenters. The third-order valence-corrected chi connectivity index (χ3v) is 7.19. The maximum absolute atomic E-state index is 5.10. The minimum absolute atomic E-state index is 0.939. The van der Waals surface area contributed by atoms with Crippen molar-refractivity contribution in [2.24, 2.45) is 0 Å². The summed E-state index contributed by atoms with van der Waals surface area (Å²) in [7, 11) is 0. The summed E-state index contributed by atoms with van der Waals surface area (Å²) in [5, 5.41) is 4.98. The summed E-state index contributed by atoms with van der Waals surface area (Å²) in [5.41, 5.74) is 8.99. The van der Waals surface area contributed by atoms with E-state index in [-0.39, 0.29) is 0 Å². The number of aromatic nitrogens is 2. The molecule has 0 aliphatic carbocycles. The van der Waals surface area contributed by atoms with Crippen LogP contribution in [-0.2, 0) is 0 Å². The lowest BCUT2D eigenvalue weighted by atomic mass is 9.84. The molecular formula is C36H24N2. The van der Waals surface area contributed by atoms with Crippen LogP contribution in [0.3, 0.4) is 0 Å². The maximum Gasteiger partial charge on any atom is 0.0715 e. The third-order valence-electron chi connectivity index (χ3n) is 7.19. The van der Waals surface area contributed by atoms with E-state index in [2.05, 4.69) is 126 Å². The van der Waals surface area contributed by atoms with Gasteiger partial charge in [0.1, 0.15) is 0 Å². The van der Waals surface area contributed by atoms with E-state index in [9.17, 15) is 0 Å². The van der Waals surface area contributed by atoms with Crippen molar-refractivity contribution < 1.29 is 0 Å². The van der Waals surface area contributed by atoms with Gasteiger partial charge in [-0.1, -0.05) is 109 Å². The topological polar surface area (TPSA) is 25.8 Å². The van der Waals surface area contributed by atoms with Gasteiger partial charge in [-0.3, -0.25) is 4.98 Å². The van der Waals surface area contributed by atoms with Gasteiger partial charge in [-0.25, -0.2) is 4.98 Å². The molecule has 0 amide bonds. The first kappa shape index (κ1) is 22.1. The summed E-state index contributed by atoms with van der Waals surface area (Å²) in [6.07, 6.45) is 3.62. The van der Waals surface area contributed by atoms with Crippen LogP contribution >= 0.6 is 0 Å². The Morgan fingerprint density at radius 3 is 1.53 bits per heavy atom. The average Bonchev–Trinajstić information content (AvgIpc) is 3.01. The predicted molar refractivity (Wildman–Crippen MR) is 159 cm³/mol. The summed E-state index contributed by atoms with van der Waals surface area (Å²) in [5.74, 6) is 0. The van der Waals surface area contributed by atoms with Crippen LogP contribution in [0.2, 0.25) is 0 Å². The molecule has 7 rings (SSSR count). The molecule has 0 saturated carbocycles. The average molecular weight is 485 g/mol. The minimum Gasteiger partial charge on any atom is -0.265 e. The van der Waals surface area contributed by atoms with Gasteiger partial charge >= 0.3 is 0 Å². The van der Waals surface area contributed by atoms with E-state index < -0.39 is 0 Å². The first-order valence-electron chi connectivity index (χ1n) is 12.8. The van der Waals surface area contributed by atoms with E-state index in [1.807, 2.05) is 24.5 Å². The zero-order valence-corrected chi connectivity index (χ0v) is 20.8. The third kappa shape index (κ3) is 3.75. The molecule has 2 heterocycles. The Kier molecular flexibility index (Phi) is 5.49. The van der Waals surface area contributed by atoms with Gasteiger partial charge in [-0.2, -0.15) is 0 Å². The molecule has 0 aliphatic rings. The van der Waals surface area contributed by atoms with Gasteiger partial charge in [0.25, 0.3) is 0 Å². The smallest absolute Gasteiger partial charge is 0.0715 e. The van der Waals surface area contributed by atoms with Crippen molar-refractivity contribution in [3.05, 3.63) is 146 Å².